The highest BCUT2D eigenvalue weighted by Gasteiger charge is 2.12. The Morgan fingerprint density at radius 1 is 1.11 bits per heavy atom. The number of hydrogen-bond donors (Lipinski definition) is 2. The van der Waals surface area contributed by atoms with Crippen molar-refractivity contribution in [2.24, 2.45) is 0 Å². The molecule has 0 bridgehead atoms. The Morgan fingerprint density at radius 2 is 1.93 bits per heavy atom. The van der Waals surface area contributed by atoms with Gasteiger partial charge in [0, 0.05) is 24.0 Å². The van der Waals surface area contributed by atoms with Gasteiger partial charge in [-0.2, -0.15) is 0 Å². The van der Waals surface area contributed by atoms with Crippen LogP contribution in [0.2, 0.25) is 0 Å². The lowest BCUT2D eigenvalue weighted by Crippen LogP contribution is -2.05. The van der Waals surface area contributed by atoms with E-state index >= 15 is 0 Å². The van der Waals surface area contributed by atoms with Gasteiger partial charge < -0.3 is 5.32 Å². The van der Waals surface area contributed by atoms with Crippen molar-refractivity contribution in [2.45, 2.75) is 27.2 Å². The SMILES string of the molecule is CCc1ccccc1-n1[nH]c(=O)c2cnc(Nc3cc(C)nc(C)n3)cc21. The average Bonchev–Trinajstić information content (AvgIpc) is 2.97. The molecule has 0 atom stereocenters. The van der Waals surface area contributed by atoms with Gasteiger partial charge in [0.2, 0.25) is 0 Å². The summed E-state index contributed by atoms with van der Waals surface area (Å²) in [6.07, 6.45) is 2.45. The maximum atomic E-state index is 12.4. The third kappa shape index (κ3) is 3.19. The fraction of sp³-hybridized carbons (Fsp3) is 0.200. The minimum atomic E-state index is -0.163. The van der Waals surface area contributed by atoms with Crippen LogP contribution in [0.4, 0.5) is 11.6 Å². The van der Waals surface area contributed by atoms with Crippen LogP contribution >= 0.6 is 0 Å². The highest BCUT2D eigenvalue weighted by molar-refractivity contribution is 5.82. The van der Waals surface area contributed by atoms with Crippen molar-refractivity contribution in [3.05, 3.63) is 70.0 Å². The Kier molecular flexibility index (Phi) is 4.19. The molecule has 0 spiro atoms. The van der Waals surface area contributed by atoms with Crippen LogP contribution in [0.3, 0.4) is 0 Å². The van der Waals surface area contributed by atoms with Gasteiger partial charge in [0.25, 0.3) is 5.56 Å². The zero-order valence-electron chi connectivity index (χ0n) is 15.4. The first-order valence-electron chi connectivity index (χ1n) is 8.83. The highest BCUT2D eigenvalue weighted by atomic mass is 16.1. The predicted molar refractivity (Wildman–Crippen MR) is 106 cm³/mol. The number of nitrogens with one attached hydrogen (secondary N) is 2. The third-order valence-corrected chi connectivity index (χ3v) is 4.42. The van der Waals surface area contributed by atoms with Gasteiger partial charge in [-0.25, -0.2) is 15.0 Å². The van der Waals surface area contributed by atoms with Crippen molar-refractivity contribution in [1.29, 1.82) is 0 Å². The second-order valence-corrected chi connectivity index (χ2v) is 6.41. The molecule has 1 aromatic carbocycles. The van der Waals surface area contributed by atoms with E-state index in [1.807, 2.05) is 48.9 Å². The molecule has 0 aliphatic carbocycles. The van der Waals surface area contributed by atoms with E-state index in [9.17, 15) is 4.79 Å². The summed E-state index contributed by atoms with van der Waals surface area (Å²) < 4.78 is 1.82. The Labute approximate surface area is 156 Å². The standard InChI is InChI=1S/C20H20N6O/c1-4-14-7-5-6-8-16(14)26-17-10-18(21-11-15(17)20(27)25-26)24-19-9-12(2)22-13(3)23-19/h5-11H,4H2,1-3H3,(H,25,27)(H,21,22,23,24). The summed E-state index contributed by atoms with van der Waals surface area (Å²) in [6, 6.07) is 11.7. The largest absolute Gasteiger partial charge is 0.325 e. The van der Waals surface area contributed by atoms with Crippen LogP contribution in [-0.4, -0.2) is 24.7 Å². The summed E-state index contributed by atoms with van der Waals surface area (Å²) in [5.41, 5.74) is 3.59. The van der Waals surface area contributed by atoms with E-state index in [-0.39, 0.29) is 5.56 Å². The second-order valence-electron chi connectivity index (χ2n) is 6.41. The van der Waals surface area contributed by atoms with Crippen molar-refractivity contribution in [3.63, 3.8) is 0 Å². The number of aryl methyl sites for hydroxylation is 3. The van der Waals surface area contributed by atoms with Gasteiger partial charge in [0.05, 0.1) is 16.6 Å². The molecule has 4 rings (SSSR count). The lowest BCUT2D eigenvalue weighted by Gasteiger charge is -2.11. The number of hydrogen-bond acceptors (Lipinski definition) is 5. The van der Waals surface area contributed by atoms with Crippen LogP contribution in [0.15, 0.2) is 47.4 Å². The van der Waals surface area contributed by atoms with Gasteiger partial charge >= 0.3 is 0 Å². The molecule has 0 saturated heterocycles. The Hall–Kier alpha value is -3.48. The number of H-pyrrole nitrogens is 1. The first kappa shape index (κ1) is 17.0. The van der Waals surface area contributed by atoms with Gasteiger partial charge in [-0.05, 0) is 31.9 Å². The zero-order valence-corrected chi connectivity index (χ0v) is 15.4. The van der Waals surface area contributed by atoms with Crippen LogP contribution in [0, 0.1) is 13.8 Å². The van der Waals surface area contributed by atoms with Crippen LogP contribution < -0.4 is 10.9 Å². The van der Waals surface area contributed by atoms with Crippen LogP contribution in [0.25, 0.3) is 16.6 Å². The van der Waals surface area contributed by atoms with E-state index in [1.165, 1.54) is 0 Å². The van der Waals surface area contributed by atoms with Gasteiger partial charge in [0.1, 0.15) is 17.5 Å². The molecule has 27 heavy (non-hydrogen) atoms. The molecule has 7 heteroatoms. The number of anilines is 2. The first-order valence-corrected chi connectivity index (χ1v) is 8.83. The Morgan fingerprint density at radius 3 is 2.70 bits per heavy atom. The van der Waals surface area contributed by atoms with Crippen molar-refractivity contribution in [2.75, 3.05) is 5.32 Å². The second kappa shape index (κ2) is 6.68. The molecule has 4 aromatic rings. The number of aromatic amines is 1. The Balaban J connectivity index is 1.83. The van der Waals surface area contributed by atoms with Gasteiger partial charge in [-0.3, -0.25) is 14.6 Å². The molecule has 7 nitrogen and oxygen atoms in total. The van der Waals surface area contributed by atoms with Crippen molar-refractivity contribution in [1.82, 2.24) is 24.7 Å². The molecule has 0 fully saturated rings. The van der Waals surface area contributed by atoms with E-state index in [2.05, 4.69) is 38.4 Å². The molecule has 0 radical (unpaired) electrons. The molecule has 3 heterocycles. The molecule has 0 aliphatic rings. The van der Waals surface area contributed by atoms with Gasteiger partial charge in [0.15, 0.2) is 0 Å². The minimum absolute atomic E-state index is 0.163. The number of rotatable bonds is 4. The van der Waals surface area contributed by atoms with E-state index in [1.54, 1.807) is 6.20 Å². The molecule has 136 valence electrons. The summed E-state index contributed by atoms with van der Waals surface area (Å²) in [5.74, 6) is 1.97. The lowest BCUT2D eigenvalue weighted by molar-refractivity contribution is 0.873. The molecule has 0 amide bonds. The molecular formula is C20H20N6O. The maximum absolute atomic E-state index is 12.4. The summed E-state index contributed by atoms with van der Waals surface area (Å²) in [5, 5.41) is 6.67. The fourth-order valence-electron chi connectivity index (χ4n) is 3.23. The predicted octanol–water partition coefficient (Wildman–Crippen LogP) is 3.43. The number of pyridine rings is 1. The van der Waals surface area contributed by atoms with Gasteiger partial charge in [-0.1, -0.05) is 25.1 Å². The fourth-order valence-corrected chi connectivity index (χ4v) is 3.23. The van der Waals surface area contributed by atoms with Crippen molar-refractivity contribution in [3.8, 4) is 5.69 Å². The summed E-state index contributed by atoms with van der Waals surface area (Å²) in [4.78, 5) is 25.4. The summed E-state index contributed by atoms with van der Waals surface area (Å²) in [6.45, 7) is 5.86. The van der Waals surface area contributed by atoms with E-state index < -0.39 is 0 Å². The summed E-state index contributed by atoms with van der Waals surface area (Å²) in [7, 11) is 0. The number of aromatic nitrogens is 5. The monoisotopic (exact) mass is 360 g/mol. The molecular weight excluding hydrogens is 340 g/mol. The zero-order chi connectivity index (χ0) is 19.0. The van der Waals surface area contributed by atoms with Crippen molar-refractivity contribution >= 4 is 22.5 Å². The topological polar surface area (TPSA) is 88.5 Å². The molecule has 0 unspecified atom stereocenters. The van der Waals surface area contributed by atoms with Crippen LogP contribution in [0.1, 0.15) is 24.0 Å². The van der Waals surface area contributed by atoms with Crippen LogP contribution in [0.5, 0.6) is 0 Å². The van der Waals surface area contributed by atoms with E-state index in [0.29, 0.717) is 22.8 Å². The lowest BCUT2D eigenvalue weighted by atomic mass is 10.1. The van der Waals surface area contributed by atoms with E-state index in [0.717, 1.165) is 28.9 Å². The smallest absolute Gasteiger partial charge is 0.273 e. The molecule has 0 saturated carbocycles. The first-order chi connectivity index (χ1) is 13.0. The Bertz CT molecular complexity index is 1170. The maximum Gasteiger partial charge on any atom is 0.273 e. The number of fused-ring (bicyclic) bond motifs is 1. The minimum Gasteiger partial charge on any atom is -0.325 e. The van der Waals surface area contributed by atoms with Crippen molar-refractivity contribution < 1.29 is 0 Å². The molecule has 0 aliphatic heterocycles. The summed E-state index contributed by atoms with van der Waals surface area (Å²) >= 11 is 0. The number of para-hydroxylation sites is 1. The number of nitrogens with zero attached hydrogens (tertiary/aromatic N) is 4. The number of benzene rings is 1. The van der Waals surface area contributed by atoms with Crippen LogP contribution in [-0.2, 0) is 6.42 Å². The quantitative estimate of drug-likeness (QED) is 0.582. The van der Waals surface area contributed by atoms with Gasteiger partial charge in [-0.15, -0.1) is 0 Å². The normalized spacial score (nSPS) is 11.1. The average molecular weight is 360 g/mol. The highest BCUT2D eigenvalue weighted by Crippen LogP contribution is 2.22. The van der Waals surface area contributed by atoms with E-state index in [4.69, 9.17) is 0 Å². The molecule has 3 aromatic heterocycles. The molecule has 2 N–H and O–H groups in total. The third-order valence-electron chi connectivity index (χ3n) is 4.42.